The van der Waals surface area contributed by atoms with Gasteiger partial charge in [0, 0.05) is 52.0 Å². The number of nitrogens with one attached hydrogen (secondary N) is 2. The molecule has 0 aliphatic carbocycles. The molecule has 1 atom stereocenters. The third-order valence-electron chi connectivity index (χ3n) is 5.96. The van der Waals surface area contributed by atoms with E-state index in [1.54, 1.807) is 6.20 Å². The number of halogens is 1. The van der Waals surface area contributed by atoms with E-state index in [1.165, 1.54) is 0 Å². The predicted molar refractivity (Wildman–Crippen MR) is 136 cm³/mol. The Bertz CT molecular complexity index is 921. The van der Waals surface area contributed by atoms with E-state index >= 15 is 0 Å². The molecule has 0 spiro atoms. The first-order chi connectivity index (χ1) is 16.5. The lowest BCUT2D eigenvalue weighted by Crippen LogP contribution is -2.27. The summed E-state index contributed by atoms with van der Waals surface area (Å²) < 4.78 is 7.56. The van der Waals surface area contributed by atoms with Crippen molar-refractivity contribution in [2.75, 3.05) is 43.5 Å². The smallest absolute Gasteiger partial charge is 0.229 e. The molecule has 1 amide bonds. The Hall–Kier alpha value is -2.39. The van der Waals surface area contributed by atoms with E-state index < -0.39 is 0 Å². The lowest BCUT2D eigenvalue weighted by atomic mass is 10.1. The number of aryl methyl sites for hydroxylation is 2. The van der Waals surface area contributed by atoms with Crippen LogP contribution in [0.25, 0.3) is 0 Å². The Morgan fingerprint density at radius 3 is 2.88 bits per heavy atom. The monoisotopic (exact) mass is 491 g/mol. The van der Waals surface area contributed by atoms with E-state index in [9.17, 15) is 4.79 Å². The normalized spacial score (nSPS) is 14.6. The van der Waals surface area contributed by atoms with E-state index in [2.05, 4.69) is 39.5 Å². The van der Waals surface area contributed by atoms with Gasteiger partial charge in [0.2, 0.25) is 11.9 Å². The molecule has 1 saturated heterocycles. The van der Waals surface area contributed by atoms with Crippen molar-refractivity contribution in [1.29, 1.82) is 0 Å². The molecule has 10 heteroatoms. The maximum absolute atomic E-state index is 11.7. The number of nitrogens with zero attached hydrogens (tertiary/aromatic N) is 5. The molecule has 34 heavy (non-hydrogen) atoms. The number of hydrogen-bond acceptors (Lipinski definition) is 7. The van der Waals surface area contributed by atoms with Crippen LogP contribution in [0, 0.1) is 12.8 Å². The highest BCUT2D eigenvalue weighted by atomic mass is 35.5. The van der Waals surface area contributed by atoms with Gasteiger partial charge in [-0.1, -0.05) is 25.4 Å². The molecule has 2 N–H and O–H groups in total. The van der Waals surface area contributed by atoms with Gasteiger partial charge in [0.25, 0.3) is 0 Å². The second kappa shape index (κ2) is 13.5. The highest BCUT2D eigenvalue weighted by Gasteiger charge is 2.19. The van der Waals surface area contributed by atoms with E-state index in [0.717, 1.165) is 76.3 Å². The Morgan fingerprint density at radius 1 is 1.26 bits per heavy atom. The Labute approximate surface area is 207 Å². The Balaban J connectivity index is 1.47. The highest BCUT2D eigenvalue weighted by Crippen LogP contribution is 2.23. The van der Waals surface area contributed by atoms with Crippen molar-refractivity contribution >= 4 is 35.0 Å². The number of amides is 1. The van der Waals surface area contributed by atoms with Crippen LogP contribution in [0.4, 0.5) is 17.5 Å². The van der Waals surface area contributed by atoms with E-state index in [-0.39, 0.29) is 5.91 Å². The van der Waals surface area contributed by atoms with Gasteiger partial charge in [0.1, 0.15) is 10.8 Å². The summed E-state index contributed by atoms with van der Waals surface area (Å²) >= 11 is 6.28. The molecule has 1 fully saturated rings. The van der Waals surface area contributed by atoms with E-state index in [0.29, 0.717) is 35.7 Å². The number of carbonyl (C=O) groups excluding carboxylic acids is 1. The third kappa shape index (κ3) is 8.13. The van der Waals surface area contributed by atoms with Gasteiger partial charge in [-0.15, -0.1) is 0 Å². The van der Waals surface area contributed by atoms with Crippen molar-refractivity contribution in [3.8, 4) is 0 Å². The van der Waals surface area contributed by atoms with Crippen molar-refractivity contribution in [1.82, 2.24) is 24.6 Å². The van der Waals surface area contributed by atoms with Gasteiger partial charge in [0.05, 0.1) is 17.6 Å². The average molecular weight is 492 g/mol. The third-order valence-corrected chi connectivity index (χ3v) is 6.24. The van der Waals surface area contributed by atoms with Gasteiger partial charge in [-0.2, -0.15) is 10.1 Å². The first kappa shape index (κ1) is 26.2. The van der Waals surface area contributed by atoms with Gasteiger partial charge in [-0.05, 0) is 44.9 Å². The Kier molecular flexibility index (Phi) is 10.4. The molecule has 3 heterocycles. The van der Waals surface area contributed by atoms with Crippen molar-refractivity contribution in [3.05, 3.63) is 23.1 Å². The molecular formula is C24H38ClN7O2. The van der Waals surface area contributed by atoms with Crippen LogP contribution in [0.1, 0.15) is 58.1 Å². The van der Waals surface area contributed by atoms with Gasteiger partial charge >= 0.3 is 0 Å². The van der Waals surface area contributed by atoms with Crippen molar-refractivity contribution < 1.29 is 9.53 Å². The molecule has 1 aliphatic heterocycles. The van der Waals surface area contributed by atoms with Crippen molar-refractivity contribution in [2.24, 2.45) is 5.92 Å². The standard InChI is InChI=1S/C24H38ClN7O2/c1-4-14-34-15-9-18(2)8-13-32-17-21(19(3)30-32)28-24-27-16-20(25)23(29-24)26-10-6-12-31-11-5-7-22(31)33/h16-18H,4-15H2,1-3H3,(H2,26,27,28,29). The fourth-order valence-corrected chi connectivity index (χ4v) is 4.03. The van der Waals surface area contributed by atoms with Gasteiger partial charge in [-0.3, -0.25) is 9.48 Å². The van der Waals surface area contributed by atoms with Crippen LogP contribution in [0.5, 0.6) is 0 Å². The molecule has 1 aliphatic rings. The number of likely N-dealkylation sites (tertiary alicyclic amines) is 1. The van der Waals surface area contributed by atoms with E-state index in [1.807, 2.05) is 22.7 Å². The minimum absolute atomic E-state index is 0.248. The second-order valence-electron chi connectivity index (χ2n) is 8.97. The summed E-state index contributed by atoms with van der Waals surface area (Å²) in [6.45, 7) is 11.2. The van der Waals surface area contributed by atoms with Gasteiger partial charge in [-0.25, -0.2) is 4.98 Å². The van der Waals surface area contributed by atoms with Crippen LogP contribution < -0.4 is 10.6 Å². The number of hydrogen-bond donors (Lipinski definition) is 2. The van der Waals surface area contributed by atoms with Crippen molar-refractivity contribution in [2.45, 2.75) is 65.8 Å². The molecule has 3 rings (SSSR count). The molecule has 0 bridgehead atoms. The maximum Gasteiger partial charge on any atom is 0.229 e. The fourth-order valence-electron chi connectivity index (χ4n) is 3.87. The van der Waals surface area contributed by atoms with Crippen LogP contribution in [-0.2, 0) is 16.1 Å². The average Bonchev–Trinajstić information content (AvgIpc) is 3.39. The number of ether oxygens (including phenoxy) is 1. The first-order valence-corrected chi connectivity index (χ1v) is 12.8. The zero-order chi connectivity index (χ0) is 24.3. The van der Waals surface area contributed by atoms with Crippen LogP contribution in [-0.4, -0.2) is 63.4 Å². The molecule has 9 nitrogen and oxygen atoms in total. The summed E-state index contributed by atoms with van der Waals surface area (Å²) in [6, 6.07) is 0. The van der Waals surface area contributed by atoms with Crippen LogP contribution in [0.3, 0.4) is 0 Å². The maximum atomic E-state index is 11.7. The van der Waals surface area contributed by atoms with Gasteiger partial charge in [0.15, 0.2) is 0 Å². The molecule has 0 aromatic carbocycles. The molecule has 2 aromatic rings. The number of rotatable bonds is 15. The van der Waals surface area contributed by atoms with Crippen LogP contribution in [0.15, 0.2) is 12.4 Å². The minimum atomic E-state index is 0.248. The second-order valence-corrected chi connectivity index (χ2v) is 9.37. The number of anilines is 3. The summed E-state index contributed by atoms with van der Waals surface area (Å²) in [5, 5.41) is 11.6. The molecule has 0 radical (unpaired) electrons. The van der Waals surface area contributed by atoms with Crippen LogP contribution in [0.2, 0.25) is 5.02 Å². The SMILES string of the molecule is CCCOCCC(C)CCn1cc(Nc2ncc(Cl)c(NCCCN3CCCC3=O)n2)c(C)n1. The summed E-state index contributed by atoms with van der Waals surface area (Å²) in [5.41, 5.74) is 1.77. The molecule has 1 unspecified atom stereocenters. The number of aromatic nitrogens is 4. The zero-order valence-electron chi connectivity index (χ0n) is 20.6. The largest absolute Gasteiger partial charge is 0.381 e. The topological polar surface area (TPSA) is 97.2 Å². The Morgan fingerprint density at radius 2 is 2.12 bits per heavy atom. The number of carbonyl (C=O) groups is 1. The highest BCUT2D eigenvalue weighted by molar-refractivity contribution is 6.32. The minimum Gasteiger partial charge on any atom is -0.381 e. The molecule has 2 aromatic heterocycles. The molecule has 188 valence electrons. The summed E-state index contributed by atoms with van der Waals surface area (Å²) in [5.74, 6) is 1.87. The zero-order valence-corrected chi connectivity index (χ0v) is 21.4. The lowest BCUT2D eigenvalue weighted by molar-refractivity contribution is -0.127. The summed E-state index contributed by atoms with van der Waals surface area (Å²) in [6.07, 6.45) is 9.22. The fraction of sp³-hybridized carbons (Fsp3) is 0.667. The van der Waals surface area contributed by atoms with E-state index in [4.69, 9.17) is 16.3 Å². The van der Waals surface area contributed by atoms with Crippen LogP contribution >= 0.6 is 11.6 Å². The lowest BCUT2D eigenvalue weighted by Gasteiger charge is -2.15. The summed E-state index contributed by atoms with van der Waals surface area (Å²) in [7, 11) is 0. The van der Waals surface area contributed by atoms with Crippen molar-refractivity contribution in [3.63, 3.8) is 0 Å². The molecule has 0 saturated carbocycles. The molecular weight excluding hydrogens is 454 g/mol. The predicted octanol–water partition coefficient (Wildman–Crippen LogP) is 4.65. The summed E-state index contributed by atoms with van der Waals surface area (Å²) in [4.78, 5) is 22.5. The quantitative estimate of drug-likeness (QED) is 0.350. The van der Waals surface area contributed by atoms with Gasteiger partial charge < -0.3 is 20.3 Å². The first-order valence-electron chi connectivity index (χ1n) is 12.4.